The van der Waals surface area contributed by atoms with Gasteiger partial charge in [-0.3, -0.25) is 9.78 Å². The Morgan fingerprint density at radius 1 is 1.16 bits per heavy atom. The average Bonchev–Trinajstić information content (AvgIpc) is 3.43. The van der Waals surface area contributed by atoms with Crippen molar-refractivity contribution in [3.63, 3.8) is 0 Å². The van der Waals surface area contributed by atoms with Gasteiger partial charge in [-0.05, 0) is 49.7 Å². The lowest BCUT2D eigenvalue weighted by molar-refractivity contribution is -0.139. The Bertz CT molecular complexity index is 1680. The largest absolute Gasteiger partial charge is 0.480 e. The third-order valence-electron chi connectivity index (χ3n) is 7.19. The summed E-state index contributed by atoms with van der Waals surface area (Å²) < 4.78 is 78.2. The Balaban J connectivity index is 1.43. The second-order valence-corrected chi connectivity index (χ2v) is 10.2. The first kappa shape index (κ1) is 29.9. The summed E-state index contributed by atoms with van der Waals surface area (Å²) in [4.78, 5) is 34.9. The molecule has 1 aliphatic heterocycles. The number of imidazole rings is 1. The van der Waals surface area contributed by atoms with Gasteiger partial charge in [0.2, 0.25) is 0 Å². The van der Waals surface area contributed by atoms with Crippen molar-refractivity contribution in [2.45, 2.75) is 38.5 Å². The fraction of sp³-hybridized carbons (Fsp3) is 0.310. The topological polar surface area (TPSA) is 109 Å². The van der Waals surface area contributed by atoms with Crippen LogP contribution in [-0.4, -0.2) is 63.2 Å². The van der Waals surface area contributed by atoms with Crippen LogP contribution in [0, 0.1) is 18.6 Å². The number of fused-ring (bicyclic) bond motifs is 1. The first-order valence-corrected chi connectivity index (χ1v) is 13.2. The van der Waals surface area contributed by atoms with E-state index in [4.69, 9.17) is 4.74 Å². The summed E-state index contributed by atoms with van der Waals surface area (Å²) in [6.45, 7) is 4.43. The van der Waals surface area contributed by atoms with Crippen LogP contribution in [-0.2, 0) is 22.1 Å². The second kappa shape index (κ2) is 11.6. The van der Waals surface area contributed by atoms with Crippen LogP contribution < -0.4 is 10.2 Å². The van der Waals surface area contributed by atoms with Gasteiger partial charge in [-0.1, -0.05) is 0 Å². The zero-order valence-corrected chi connectivity index (χ0v) is 23.0. The lowest BCUT2D eigenvalue weighted by atomic mass is 10.0. The van der Waals surface area contributed by atoms with Gasteiger partial charge in [0.25, 0.3) is 5.91 Å². The number of nitrogens with one attached hydrogen (secondary N) is 1. The van der Waals surface area contributed by atoms with Crippen molar-refractivity contribution in [2.24, 2.45) is 0 Å². The molecule has 3 aromatic heterocycles. The molecule has 1 aromatic carbocycles. The summed E-state index contributed by atoms with van der Waals surface area (Å²) in [6, 6.07) is 3.90. The molecule has 1 aliphatic rings. The van der Waals surface area contributed by atoms with E-state index < -0.39 is 46.9 Å². The molecule has 43 heavy (non-hydrogen) atoms. The predicted molar refractivity (Wildman–Crippen MR) is 145 cm³/mol. The number of hydrogen-bond acceptors (Lipinski definition) is 6. The summed E-state index contributed by atoms with van der Waals surface area (Å²) in [5.41, 5.74) is -1.35. The van der Waals surface area contributed by atoms with Crippen LogP contribution in [0.25, 0.3) is 16.9 Å². The molecule has 0 bridgehead atoms. The summed E-state index contributed by atoms with van der Waals surface area (Å²) in [6.07, 6.45) is -1.05. The molecule has 1 fully saturated rings. The number of carboxylic acids is 1. The van der Waals surface area contributed by atoms with Crippen molar-refractivity contribution in [3.05, 3.63) is 82.9 Å². The molecule has 4 heterocycles. The van der Waals surface area contributed by atoms with E-state index in [0.29, 0.717) is 25.3 Å². The fourth-order valence-corrected chi connectivity index (χ4v) is 5.11. The Morgan fingerprint density at radius 3 is 2.53 bits per heavy atom. The third-order valence-corrected chi connectivity index (χ3v) is 7.19. The monoisotopic (exact) mass is 603 g/mol. The number of hydrogen-bond donors (Lipinski definition) is 2. The highest BCUT2D eigenvalue weighted by molar-refractivity contribution is 5.97. The minimum absolute atomic E-state index is 0.0517. The number of aryl methyl sites for hydroxylation is 1. The van der Waals surface area contributed by atoms with Gasteiger partial charge in [0.05, 0.1) is 24.5 Å². The van der Waals surface area contributed by atoms with Gasteiger partial charge in [0.1, 0.15) is 28.9 Å². The van der Waals surface area contributed by atoms with Crippen LogP contribution in [0.15, 0.2) is 48.9 Å². The Hall–Kier alpha value is -4.59. The highest BCUT2D eigenvalue weighted by atomic mass is 19.4. The Labute approximate surface area is 241 Å². The van der Waals surface area contributed by atoms with E-state index in [1.807, 2.05) is 6.92 Å². The molecule has 0 saturated carbocycles. The van der Waals surface area contributed by atoms with Gasteiger partial charge in [0.15, 0.2) is 0 Å². The van der Waals surface area contributed by atoms with Crippen molar-refractivity contribution in [1.82, 2.24) is 19.7 Å². The lowest BCUT2D eigenvalue weighted by Crippen LogP contribution is -2.44. The molecule has 4 aromatic rings. The molecular formula is C29H26F5N5O4. The van der Waals surface area contributed by atoms with Crippen LogP contribution in [0.5, 0.6) is 0 Å². The van der Waals surface area contributed by atoms with Crippen molar-refractivity contribution < 1.29 is 41.4 Å². The number of nitrogens with zero attached hydrogens (tertiary/aromatic N) is 4. The molecule has 2 atom stereocenters. The quantitative estimate of drug-likeness (QED) is 0.296. The summed E-state index contributed by atoms with van der Waals surface area (Å²) in [7, 11) is 0. The van der Waals surface area contributed by atoms with Gasteiger partial charge in [0, 0.05) is 54.5 Å². The van der Waals surface area contributed by atoms with Gasteiger partial charge >= 0.3 is 12.1 Å². The van der Waals surface area contributed by atoms with Gasteiger partial charge in [-0.25, -0.2) is 18.6 Å². The molecule has 2 N–H and O–H groups in total. The lowest BCUT2D eigenvalue weighted by Gasteiger charge is -2.35. The summed E-state index contributed by atoms with van der Waals surface area (Å²) >= 11 is 0. The number of pyridine rings is 2. The van der Waals surface area contributed by atoms with Gasteiger partial charge < -0.3 is 24.5 Å². The molecule has 5 rings (SSSR count). The molecule has 0 spiro atoms. The predicted octanol–water partition coefficient (Wildman–Crippen LogP) is 4.65. The number of carboxylic acid groups (broad SMARTS) is 1. The normalized spacial score (nSPS) is 16.3. The van der Waals surface area contributed by atoms with E-state index in [0.717, 1.165) is 18.2 Å². The van der Waals surface area contributed by atoms with E-state index in [1.54, 1.807) is 4.90 Å². The Morgan fingerprint density at radius 2 is 1.88 bits per heavy atom. The number of carbonyl (C=O) groups is 2. The zero-order chi connectivity index (χ0) is 31.1. The average molecular weight is 604 g/mol. The van der Waals surface area contributed by atoms with Crippen LogP contribution in [0.1, 0.15) is 34.1 Å². The minimum Gasteiger partial charge on any atom is -0.480 e. The summed E-state index contributed by atoms with van der Waals surface area (Å²) in [5, 5.41) is 12.0. The van der Waals surface area contributed by atoms with Crippen molar-refractivity contribution in [2.75, 3.05) is 24.7 Å². The maximum atomic E-state index is 15.0. The molecular weight excluding hydrogens is 577 g/mol. The SMILES string of the molecule is Cc1cnc(-c2ccc(C[C@H](NC(=O)c3c(F)cc(N4CCOC[C@@H]4C)cc3F)C(=O)O)n3ccnc23)c(C(F)(F)F)c1. The maximum Gasteiger partial charge on any atom is 0.418 e. The summed E-state index contributed by atoms with van der Waals surface area (Å²) in [5.74, 6) is -5.10. The highest BCUT2D eigenvalue weighted by Crippen LogP contribution is 2.37. The van der Waals surface area contributed by atoms with E-state index in [2.05, 4.69) is 15.3 Å². The first-order chi connectivity index (χ1) is 20.3. The van der Waals surface area contributed by atoms with Crippen molar-refractivity contribution >= 4 is 23.2 Å². The molecule has 1 saturated heterocycles. The molecule has 0 aliphatic carbocycles. The minimum atomic E-state index is -4.70. The molecule has 1 amide bonds. The smallest absolute Gasteiger partial charge is 0.418 e. The first-order valence-electron chi connectivity index (χ1n) is 13.2. The number of rotatable bonds is 7. The second-order valence-electron chi connectivity index (χ2n) is 10.2. The number of benzene rings is 1. The zero-order valence-electron chi connectivity index (χ0n) is 23.0. The number of aromatic nitrogens is 3. The van der Waals surface area contributed by atoms with Crippen LogP contribution in [0.4, 0.5) is 27.6 Å². The fourth-order valence-electron chi connectivity index (χ4n) is 5.11. The number of ether oxygens (including phenoxy) is 1. The number of aliphatic carboxylic acids is 1. The van der Waals surface area contributed by atoms with Crippen LogP contribution >= 0.6 is 0 Å². The molecule has 9 nitrogen and oxygen atoms in total. The Kier molecular flexibility index (Phi) is 8.06. The van der Waals surface area contributed by atoms with Crippen molar-refractivity contribution in [3.8, 4) is 11.3 Å². The van der Waals surface area contributed by atoms with E-state index in [-0.39, 0.29) is 40.7 Å². The standard InChI is InChI=1S/C29H26F5N5O4/c1-15-9-20(29(32,33)34)25(36-13-15)19-4-3-17(39-6-5-35-26(19)39)12-23(28(41)42)37-27(40)24-21(30)10-18(11-22(24)31)38-7-8-43-14-16(38)2/h3-6,9-11,13,16,23H,7-8,12,14H2,1-2H3,(H,37,40)(H,41,42)/t16-,23-/m0/s1. The number of amides is 1. The highest BCUT2D eigenvalue weighted by Gasteiger charge is 2.35. The van der Waals surface area contributed by atoms with Crippen LogP contribution in [0.2, 0.25) is 0 Å². The van der Waals surface area contributed by atoms with Gasteiger partial charge in [-0.2, -0.15) is 13.2 Å². The number of carbonyl (C=O) groups excluding carboxylic acids is 1. The molecule has 0 unspecified atom stereocenters. The van der Waals surface area contributed by atoms with E-state index in [1.165, 1.54) is 42.0 Å². The number of morpholine rings is 1. The third kappa shape index (κ3) is 6.00. The van der Waals surface area contributed by atoms with E-state index in [9.17, 15) is 27.9 Å². The molecule has 14 heteroatoms. The van der Waals surface area contributed by atoms with E-state index >= 15 is 8.78 Å². The maximum absolute atomic E-state index is 15.0. The number of halogens is 5. The van der Waals surface area contributed by atoms with Crippen molar-refractivity contribution in [1.29, 1.82) is 0 Å². The molecule has 226 valence electrons. The molecule has 0 radical (unpaired) electrons. The van der Waals surface area contributed by atoms with Gasteiger partial charge in [-0.15, -0.1) is 0 Å². The number of alkyl halides is 3. The van der Waals surface area contributed by atoms with Crippen LogP contribution in [0.3, 0.4) is 0 Å². The number of anilines is 1.